The van der Waals surface area contributed by atoms with Gasteiger partial charge in [0, 0.05) is 15.1 Å². The van der Waals surface area contributed by atoms with Crippen LogP contribution in [0.15, 0.2) is 49.8 Å². The molecular weight excluding hydrogens is 699 g/mol. The van der Waals surface area contributed by atoms with Crippen molar-refractivity contribution in [2.24, 2.45) is 4.99 Å². The number of carbonyl (C=O) groups excluding carboxylic acids is 1. The van der Waals surface area contributed by atoms with Gasteiger partial charge in [0.2, 0.25) is 0 Å². The van der Waals surface area contributed by atoms with Gasteiger partial charge >= 0.3 is 5.97 Å². The second kappa shape index (κ2) is 11.2. The maximum Gasteiger partial charge on any atom is 0.338 e. The van der Waals surface area contributed by atoms with Crippen LogP contribution in [0.1, 0.15) is 31.0 Å². The summed E-state index contributed by atoms with van der Waals surface area (Å²) >= 11 is 12.9. The minimum atomic E-state index is -0.861. The Morgan fingerprint density at radius 3 is 2.59 bits per heavy atom. The molecule has 0 saturated heterocycles. The van der Waals surface area contributed by atoms with E-state index in [0.717, 1.165) is 11.3 Å². The number of hydrogen-bond donors (Lipinski definition) is 1. The lowest BCUT2D eigenvalue weighted by atomic mass is 9.95. The maximum atomic E-state index is 13.8. The third kappa shape index (κ3) is 5.18. The van der Waals surface area contributed by atoms with Crippen LogP contribution in [0.2, 0.25) is 5.02 Å². The van der Waals surface area contributed by atoms with Gasteiger partial charge in [-0.3, -0.25) is 9.36 Å². The zero-order valence-corrected chi connectivity index (χ0v) is 25.4. The number of nitrogens with zero attached hydrogens (tertiary/aromatic N) is 2. The van der Waals surface area contributed by atoms with Gasteiger partial charge in [-0.15, -0.1) is 0 Å². The lowest BCUT2D eigenvalue weighted by Crippen LogP contribution is -2.40. The molecule has 0 spiro atoms. The van der Waals surface area contributed by atoms with Crippen LogP contribution in [0, 0.1) is 3.57 Å². The molecule has 8 nitrogen and oxygen atoms in total. The number of methoxy groups -OCH3 is 2. The highest BCUT2D eigenvalue weighted by atomic mass is 127. The molecule has 2 aromatic carbocycles. The van der Waals surface area contributed by atoms with Crippen LogP contribution in [0.4, 0.5) is 0 Å². The van der Waals surface area contributed by atoms with E-state index in [9.17, 15) is 14.7 Å². The number of ether oxygens (including phenoxy) is 3. The van der Waals surface area contributed by atoms with Gasteiger partial charge < -0.3 is 19.3 Å². The van der Waals surface area contributed by atoms with Crippen LogP contribution in [0.25, 0.3) is 6.08 Å². The van der Waals surface area contributed by atoms with Crippen LogP contribution in [0.5, 0.6) is 17.2 Å². The van der Waals surface area contributed by atoms with Gasteiger partial charge in [0.05, 0.1) is 46.2 Å². The van der Waals surface area contributed by atoms with Crippen LogP contribution >= 0.6 is 61.5 Å². The summed E-state index contributed by atoms with van der Waals surface area (Å²) in [6.07, 6.45) is 1.57. The molecule has 0 aliphatic carbocycles. The minimum absolute atomic E-state index is 0.0124. The lowest BCUT2D eigenvalue weighted by molar-refractivity contribution is -0.139. The summed E-state index contributed by atoms with van der Waals surface area (Å²) in [5, 5.41) is 11.0. The number of aromatic hydroxyl groups is 1. The first-order chi connectivity index (χ1) is 17.6. The highest BCUT2D eigenvalue weighted by molar-refractivity contribution is 14.1. The minimum Gasteiger partial charge on any atom is -0.506 e. The average molecular weight is 720 g/mol. The summed E-state index contributed by atoms with van der Waals surface area (Å²) in [7, 11) is 3.03. The molecule has 0 fully saturated rings. The number of thiazole rings is 1. The largest absolute Gasteiger partial charge is 0.506 e. The van der Waals surface area contributed by atoms with Gasteiger partial charge in [-0.1, -0.05) is 38.9 Å². The first-order valence-corrected chi connectivity index (χ1v) is 14.0. The fourth-order valence-electron chi connectivity index (χ4n) is 4.00. The third-order valence-corrected chi connectivity index (χ3v) is 8.37. The number of allylic oxidation sites excluding steroid dienone is 1. The molecule has 1 aromatic heterocycles. The number of esters is 1. The summed E-state index contributed by atoms with van der Waals surface area (Å²) in [5.41, 5.74) is 1.25. The highest BCUT2D eigenvalue weighted by Crippen LogP contribution is 2.40. The van der Waals surface area contributed by atoms with Gasteiger partial charge in [-0.25, -0.2) is 9.79 Å². The normalized spacial score (nSPS) is 15.3. The Labute approximate surface area is 243 Å². The Bertz CT molecular complexity index is 1630. The van der Waals surface area contributed by atoms with Crippen LogP contribution in [-0.2, 0) is 9.53 Å². The van der Waals surface area contributed by atoms with Crippen LogP contribution < -0.4 is 24.4 Å². The van der Waals surface area contributed by atoms with Gasteiger partial charge in [0.1, 0.15) is 5.75 Å². The van der Waals surface area contributed by atoms with Crippen molar-refractivity contribution in [2.45, 2.75) is 19.9 Å². The zero-order valence-electron chi connectivity index (χ0n) is 20.1. The van der Waals surface area contributed by atoms with E-state index in [1.54, 1.807) is 44.2 Å². The Morgan fingerprint density at radius 2 is 1.95 bits per heavy atom. The predicted octanol–water partition coefficient (Wildman–Crippen LogP) is 4.54. The van der Waals surface area contributed by atoms with Crippen LogP contribution in [-0.4, -0.2) is 36.5 Å². The van der Waals surface area contributed by atoms with E-state index >= 15 is 0 Å². The molecule has 194 valence electrons. The van der Waals surface area contributed by atoms with Gasteiger partial charge in [0.25, 0.3) is 5.56 Å². The van der Waals surface area contributed by atoms with E-state index in [-0.39, 0.29) is 23.5 Å². The second-order valence-corrected chi connectivity index (χ2v) is 11.3. The number of rotatable bonds is 6. The first kappa shape index (κ1) is 27.7. The second-order valence-electron chi connectivity index (χ2n) is 7.86. The molecule has 0 saturated carbocycles. The standard InChI is InChI=1S/C25H21BrClIN2O6S/c1-5-36-24(33)20-11(2)29-25-30(21(20)14-9-17(34-3)18(35-4)10-15(14)26)23(32)19(37-25)7-12-6-13(27)8-16(28)22(12)31/h6-10,21,31H,5H2,1-4H3/b19-7-/t21-/m1/s1. The quantitative estimate of drug-likeness (QED) is 0.297. The molecule has 1 atom stereocenters. The number of aromatic nitrogens is 1. The fraction of sp³-hybridized carbons (Fsp3) is 0.240. The number of benzene rings is 2. The van der Waals surface area contributed by atoms with Gasteiger partial charge in [-0.05, 0) is 72.3 Å². The molecule has 1 aliphatic heterocycles. The van der Waals surface area contributed by atoms with E-state index in [1.165, 1.54) is 18.8 Å². The molecular formula is C25H21BrClIN2O6S. The van der Waals surface area contributed by atoms with Crippen molar-refractivity contribution in [1.29, 1.82) is 0 Å². The number of fused-ring (bicyclic) bond motifs is 1. The van der Waals surface area contributed by atoms with Crippen molar-refractivity contribution in [1.82, 2.24) is 4.57 Å². The summed E-state index contributed by atoms with van der Waals surface area (Å²) in [5.74, 6) is 0.347. The van der Waals surface area contributed by atoms with E-state index in [4.69, 9.17) is 25.8 Å². The molecule has 12 heteroatoms. The van der Waals surface area contributed by atoms with Gasteiger partial charge in [0.15, 0.2) is 16.3 Å². The highest BCUT2D eigenvalue weighted by Gasteiger charge is 2.35. The molecule has 37 heavy (non-hydrogen) atoms. The molecule has 3 aromatic rings. The number of phenols is 1. The van der Waals surface area contributed by atoms with E-state index in [2.05, 4.69) is 20.9 Å². The number of carbonyl (C=O) groups is 1. The maximum absolute atomic E-state index is 13.8. The zero-order chi connectivity index (χ0) is 27.0. The molecule has 1 N–H and O–H groups in total. The van der Waals surface area contributed by atoms with Crippen molar-refractivity contribution in [2.75, 3.05) is 20.8 Å². The molecule has 1 aliphatic rings. The predicted molar refractivity (Wildman–Crippen MR) is 153 cm³/mol. The summed E-state index contributed by atoms with van der Waals surface area (Å²) in [4.78, 5) is 31.9. The van der Waals surface area contributed by atoms with Crippen molar-refractivity contribution >= 4 is 73.5 Å². The molecule has 0 bridgehead atoms. The third-order valence-electron chi connectivity index (χ3n) is 5.66. The Balaban J connectivity index is 2.04. The van der Waals surface area contributed by atoms with Crippen molar-refractivity contribution in [3.8, 4) is 17.2 Å². The van der Waals surface area contributed by atoms with Crippen molar-refractivity contribution in [3.63, 3.8) is 0 Å². The summed E-state index contributed by atoms with van der Waals surface area (Å²) in [6, 6.07) is 5.77. The lowest BCUT2D eigenvalue weighted by Gasteiger charge is -2.26. The van der Waals surface area contributed by atoms with E-state index in [1.807, 2.05) is 22.6 Å². The Hall–Kier alpha value is -2.35. The molecule has 4 rings (SSSR count). The van der Waals surface area contributed by atoms with E-state index in [0.29, 0.717) is 50.7 Å². The SMILES string of the molecule is CCOC(=O)C1=C(C)N=c2s/c(=C\c3cc(Cl)cc(I)c3O)c(=O)n2[C@@H]1c1cc(OC)c(OC)cc1Br. The molecule has 2 heterocycles. The van der Waals surface area contributed by atoms with E-state index < -0.39 is 12.0 Å². The molecule has 0 unspecified atom stereocenters. The van der Waals surface area contributed by atoms with Crippen molar-refractivity contribution in [3.05, 3.63) is 79.4 Å². The summed E-state index contributed by atoms with van der Waals surface area (Å²) < 4.78 is 19.2. The average Bonchev–Trinajstić information content (AvgIpc) is 3.15. The van der Waals surface area contributed by atoms with Gasteiger partial charge in [-0.2, -0.15) is 0 Å². The monoisotopic (exact) mass is 718 g/mol. The number of halogens is 3. The van der Waals surface area contributed by atoms with Crippen molar-refractivity contribution < 1.29 is 24.1 Å². The molecule has 0 radical (unpaired) electrons. The Kier molecular flexibility index (Phi) is 8.36. The first-order valence-electron chi connectivity index (χ1n) is 10.9. The number of phenolic OH excluding ortho intramolecular Hbond substituents is 1. The Morgan fingerprint density at radius 1 is 1.27 bits per heavy atom. The molecule has 0 amide bonds. The smallest absolute Gasteiger partial charge is 0.338 e. The summed E-state index contributed by atoms with van der Waals surface area (Å²) in [6.45, 7) is 3.58. The number of hydrogen-bond acceptors (Lipinski definition) is 8. The van der Waals surface area contributed by atoms with Crippen LogP contribution in [0.3, 0.4) is 0 Å². The fourth-order valence-corrected chi connectivity index (χ4v) is 6.64. The topological polar surface area (TPSA) is 99.4 Å².